The summed E-state index contributed by atoms with van der Waals surface area (Å²) >= 11 is 0. The van der Waals surface area contributed by atoms with Crippen molar-refractivity contribution in [1.82, 2.24) is 4.72 Å². The molecule has 0 saturated heterocycles. The molecule has 0 amide bonds. The molecule has 0 spiro atoms. The molecule has 8 heteroatoms. The number of aliphatic hydroxyl groups is 1. The first kappa shape index (κ1) is 18.0. The first-order valence-corrected chi connectivity index (χ1v) is 9.26. The summed E-state index contributed by atoms with van der Waals surface area (Å²) in [6, 6.07) is 17.5. The number of hydrogen-bond acceptors (Lipinski definition) is 5. The van der Waals surface area contributed by atoms with Gasteiger partial charge in [0.25, 0.3) is 5.69 Å². The minimum atomic E-state index is -3.89. The highest BCUT2D eigenvalue weighted by atomic mass is 32.2. The standard InChI is InChI=1S/C18H16N2O5S/c21-18(17-7-3-5-13-4-1-2-6-16(13)17)12-19-26(24,25)15-10-8-14(9-11-15)20(22)23/h1-11,18-19,21H,12H2. The van der Waals surface area contributed by atoms with E-state index in [0.717, 1.165) is 35.0 Å². The zero-order valence-electron chi connectivity index (χ0n) is 13.6. The third-order valence-electron chi connectivity index (χ3n) is 4.01. The van der Waals surface area contributed by atoms with Crippen molar-refractivity contribution in [1.29, 1.82) is 0 Å². The summed E-state index contributed by atoms with van der Waals surface area (Å²) in [6.07, 6.45) is -1.03. The van der Waals surface area contributed by atoms with Crippen LogP contribution in [-0.4, -0.2) is 25.0 Å². The molecule has 0 aliphatic carbocycles. The predicted molar refractivity (Wildman–Crippen MR) is 97.2 cm³/mol. The van der Waals surface area contributed by atoms with Gasteiger partial charge >= 0.3 is 0 Å². The molecule has 26 heavy (non-hydrogen) atoms. The van der Waals surface area contributed by atoms with Crippen LogP contribution >= 0.6 is 0 Å². The lowest BCUT2D eigenvalue weighted by molar-refractivity contribution is -0.384. The van der Waals surface area contributed by atoms with Crippen LogP contribution in [0.1, 0.15) is 11.7 Å². The lowest BCUT2D eigenvalue weighted by atomic mass is 10.0. The van der Waals surface area contributed by atoms with Crippen molar-refractivity contribution in [2.24, 2.45) is 0 Å². The van der Waals surface area contributed by atoms with Crippen LogP contribution in [0.5, 0.6) is 0 Å². The van der Waals surface area contributed by atoms with Gasteiger partial charge in [0.1, 0.15) is 0 Å². The molecule has 3 aromatic rings. The molecular formula is C18H16N2O5S. The van der Waals surface area contributed by atoms with Gasteiger partial charge in [-0.25, -0.2) is 13.1 Å². The molecule has 0 radical (unpaired) electrons. The Morgan fingerprint density at radius 1 is 1.00 bits per heavy atom. The molecule has 0 aromatic heterocycles. The van der Waals surface area contributed by atoms with Crippen LogP contribution in [0.2, 0.25) is 0 Å². The number of non-ortho nitro benzene ring substituents is 1. The monoisotopic (exact) mass is 372 g/mol. The second-order valence-electron chi connectivity index (χ2n) is 5.69. The minimum absolute atomic E-state index is 0.104. The summed E-state index contributed by atoms with van der Waals surface area (Å²) < 4.78 is 27.0. The molecular weight excluding hydrogens is 356 g/mol. The third kappa shape index (κ3) is 3.72. The Morgan fingerprint density at radius 3 is 2.35 bits per heavy atom. The van der Waals surface area contributed by atoms with Crippen molar-refractivity contribution < 1.29 is 18.4 Å². The van der Waals surface area contributed by atoms with E-state index in [0.29, 0.717) is 5.56 Å². The highest BCUT2D eigenvalue weighted by Gasteiger charge is 2.19. The summed E-state index contributed by atoms with van der Waals surface area (Å²) in [4.78, 5) is 9.94. The Kier molecular flexibility index (Phi) is 4.99. The summed E-state index contributed by atoms with van der Waals surface area (Å²) in [5.41, 5.74) is 0.425. The molecule has 1 atom stereocenters. The number of sulfonamides is 1. The van der Waals surface area contributed by atoms with Crippen LogP contribution in [0, 0.1) is 10.1 Å². The van der Waals surface area contributed by atoms with Crippen LogP contribution in [0.15, 0.2) is 71.6 Å². The van der Waals surface area contributed by atoms with Gasteiger partial charge in [0.05, 0.1) is 15.9 Å². The van der Waals surface area contributed by atoms with E-state index in [-0.39, 0.29) is 17.1 Å². The zero-order chi connectivity index (χ0) is 18.7. The molecule has 0 fully saturated rings. The third-order valence-corrected chi connectivity index (χ3v) is 5.45. The molecule has 0 heterocycles. The van der Waals surface area contributed by atoms with Gasteiger partial charge < -0.3 is 5.11 Å². The summed E-state index contributed by atoms with van der Waals surface area (Å²) in [7, 11) is -3.89. The normalized spacial score (nSPS) is 12.8. The Morgan fingerprint density at radius 2 is 1.65 bits per heavy atom. The van der Waals surface area contributed by atoms with E-state index < -0.39 is 21.1 Å². The van der Waals surface area contributed by atoms with E-state index in [1.54, 1.807) is 12.1 Å². The first-order chi connectivity index (χ1) is 12.4. The van der Waals surface area contributed by atoms with Crippen LogP contribution < -0.4 is 4.72 Å². The molecule has 3 rings (SSSR count). The van der Waals surface area contributed by atoms with Crippen LogP contribution in [0.3, 0.4) is 0 Å². The van der Waals surface area contributed by atoms with Crippen LogP contribution in [0.4, 0.5) is 5.69 Å². The van der Waals surface area contributed by atoms with Crippen molar-refractivity contribution in [3.05, 3.63) is 82.4 Å². The molecule has 134 valence electrons. The highest BCUT2D eigenvalue weighted by molar-refractivity contribution is 7.89. The number of aliphatic hydroxyl groups excluding tert-OH is 1. The number of nitrogens with zero attached hydrogens (tertiary/aromatic N) is 1. The van der Waals surface area contributed by atoms with E-state index in [1.165, 1.54) is 0 Å². The number of rotatable bonds is 6. The molecule has 0 aliphatic heterocycles. The number of hydrogen-bond donors (Lipinski definition) is 2. The van der Waals surface area contributed by atoms with Gasteiger partial charge in [-0.15, -0.1) is 0 Å². The number of benzene rings is 3. The minimum Gasteiger partial charge on any atom is -0.387 e. The number of fused-ring (bicyclic) bond motifs is 1. The lowest BCUT2D eigenvalue weighted by Crippen LogP contribution is -2.28. The zero-order valence-corrected chi connectivity index (χ0v) is 14.4. The molecule has 3 aromatic carbocycles. The van der Waals surface area contributed by atoms with E-state index in [4.69, 9.17) is 0 Å². The maximum Gasteiger partial charge on any atom is 0.269 e. The fourth-order valence-corrected chi connectivity index (χ4v) is 3.71. The quantitative estimate of drug-likeness (QED) is 0.511. The largest absolute Gasteiger partial charge is 0.387 e. The average Bonchev–Trinajstić information content (AvgIpc) is 2.65. The van der Waals surface area contributed by atoms with E-state index >= 15 is 0 Å². The predicted octanol–water partition coefficient (Wildman–Crippen LogP) is 2.76. The maximum atomic E-state index is 12.3. The number of nitro groups is 1. The van der Waals surface area contributed by atoms with Crippen LogP contribution in [0.25, 0.3) is 10.8 Å². The molecule has 7 nitrogen and oxygen atoms in total. The topological polar surface area (TPSA) is 110 Å². The van der Waals surface area contributed by atoms with Gasteiger partial charge in [-0.3, -0.25) is 10.1 Å². The first-order valence-electron chi connectivity index (χ1n) is 7.78. The molecule has 0 aliphatic rings. The maximum absolute atomic E-state index is 12.3. The van der Waals surface area contributed by atoms with Crippen molar-refractivity contribution in [3.63, 3.8) is 0 Å². The second-order valence-corrected chi connectivity index (χ2v) is 7.45. The Balaban J connectivity index is 1.77. The Bertz CT molecular complexity index is 1040. The van der Waals surface area contributed by atoms with E-state index in [9.17, 15) is 23.6 Å². The Hall–Kier alpha value is -2.81. The van der Waals surface area contributed by atoms with E-state index in [2.05, 4.69) is 4.72 Å². The fourth-order valence-electron chi connectivity index (χ4n) is 2.67. The number of nitrogens with one attached hydrogen (secondary N) is 1. The summed E-state index contributed by atoms with van der Waals surface area (Å²) in [6.45, 7) is -0.215. The molecule has 2 N–H and O–H groups in total. The van der Waals surface area contributed by atoms with Gasteiger partial charge in [-0.1, -0.05) is 42.5 Å². The molecule has 0 saturated carbocycles. The summed E-state index contributed by atoms with van der Waals surface area (Å²) in [5.74, 6) is 0. The average molecular weight is 372 g/mol. The highest BCUT2D eigenvalue weighted by Crippen LogP contribution is 2.24. The van der Waals surface area contributed by atoms with E-state index in [1.807, 2.05) is 30.3 Å². The van der Waals surface area contributed by atoms with Crippen molar-refractivity contribution in [3.8, 4) is 0 Å². The SMILES string of the molecule is O=[N+]([O-])c1ccc(S(=O)(=O)NCC(O)c2cccc3ccccc23)cc1. The Labute approximate surface area is 150 Å². The van der Waals surface area contributed by atoms with Gasteiger partial charge in [-0.2, -0.15) is 0 Å². The number of nitro benzene ring substituents is 1. The lowest BCUT2D eigenvalue weighted by Gasteiger charge is -2.15. The van der Waals surface area contributed by atoms with Crippen molar-refractivity contribution in [2.45, 2.75) is 11.0 Å². The van der Waals surface area contributed by atoms with Crippen molar-refractivity contribution in [2.75, 3.05) is 6.54 Å². The van der Waals surface area contributed by atoms with Gasteiger partial charge in [0, 0.05) is 18.7 Å². The smallest absolute Gasteiger partial charge is 0.269 e. The second kappa shape index (κ2) is 7.20. The van der Waals surface area contributed by atoms with Gasteiger partial charge in [0.15, 0.2) is 0 Å². The van der Waals surface area contributed by atoms with Crippen molar-refractivity contribution >= 4 is 26.5 Å². The van der Waals surface area contributed by atoms with Crippen LogP contribution in [-0.2, 0) is 10.0 Å². The summed E-state index contributed by atoms with van der Waals surface area (Å²) in [5, 5.41) is 22.9. The van der Waals surface area contributed by atoms with Gasteiger partial charge in [-0.05, 0) is 28.5 Å². The fraction of sp³-hybridized carbons (Fsp3) is 0.111. The molecule has 0 bridgehead atoms. The molecule has 1 unspecified atom stereocenters. The van der Waals surface area contributed by atoms with Gasteiger partial charge in [0.2, 0.25) is 10.0 Å².